The lowest BCUT2D eigenvalue weighted by Crippen LogP contribution is -2.02. The first-order valence-corrected chi connectivity index (χ1v) is 6.28. The van der Waals surface area contributed by atoms with Crippen LogP contribution in [0.25, 0.3) is 0 Å². The van der Waals surface area contributed by atoms with Crippen molar-refractivity contribution in [3.63, 3.8) is 0 Å². The Morgan fingerprint density at radius 2 is 1.93 bits per heavy atom. The van der Waals surface area contributed by atoms with Crippen LogP contribution in [0.3, 0.4) is 0 Å². The Labute approximate surface area is 99.5 Å². The lowest BCUT2D eigenvalue weighted by molar-refractivity contribution is 0.470. The molecule has 0 aliphatic carbocycles. The molecule has 1 heteroatoms. The smallest absolute Gasteiger partial charge is 0.00430 e. The zero-order chi connectivity index (χ0) is 11.4. The molecule has 0 spiro atoms. The average Bonchev–Trinajstić information content (AvgIpc) is 2.21. The van der Waals surface area contributed by atoms with Gasteiger partial charge in [0.05, 0.1) is 0 Å². The van der Waals surface area contributed by atoms with Gasteiger partial charge in [0.2, 0.25) is 0 Å². The third kappa shape index (κ3) is 3.57. The first-order chi connectivity index (χ1) is 7.04. The highest BCUT2D eigenvalue weighted by Gasteiger charge is 2.11. The van der Waals surface area contributed by atoms with Gasteiger partial charge in [-0.05, 0) is 48.4 Å². The van der Waals surface area contributed by atoms with Crippen LogP contribution in [-0.4, -0.2) is 0 Å². The van der Waals surface area contributed by atoms with E-state index >= 15 is 0 Å². The molecule has 0 aliphatic heterocycles. The fraction of sp³-hybridized carbons (Fsp3) is 0.571. The number of aryl methyl sites for hydroxylation is 1. The van der Waals surface area contributed by atoms with Gasteiger partial charge < -0.3 is 0 Å². The van der Waals surface area contributed by atoms with Crippen LogP contribution in [0.4, 0.5) is 0 Å². The lowest BCUT2D eigenvalue weighted by atomic mass is 9.88. The van der Waals surface area contributed by atoms with E-state index < -0.39 is 0 Å². The molecule has 0 saturated carbocycles. The molecule has 2 unspecified atom stereocenters. The van der Waals surface area contributed by atoms with Crippen molar-refractivity contribution >= 4 is 12.6 Å². The third-order valence-electron chi connectivity index (χ3n) is 3.25. The van der Waals surface area contributed by atoms with Gasteiger partial charge in [-0.15, -0.1) is 12.6 Å². The molecule has 2 atom stereocenters. The second kappa shape index (κ2) is 5.60. The Hall–Kier alpha value is -0.430. The van der Waals surface area contributed by atoms with Gasteiger partial charge >= 0.3 is 0 Å². The number of rotatable bonds is 4. The van der Waals surface area contributed by atoms with Crippen LogP contribution in [0, 0.1) is 12.8 Å². The Kier molecular flexibility index (Phi) is 4.72. The zero-order valence-electron chi connectivity index (χ0n) is 10.2. The predicted octanol–water partition coefficient (Wildman–Crippen LogP) is 4.82. The lowest BCUT2D eigenvalue weighted by Gasteiger charge is -2.18. The van der Waals surface area contributed by atoms with Crippen LogP contribution < -0.4 is 0 Å². The van der Waals surface area contributed by atoms with Crippen LogP contribution in [0.5, 0.6) is 0 Å². The molecule has 1 aromatic carbocycles. The van der Waals surface area contributed by atoms with Gasteiger partial charge in [-0.2, -0.15) is 0 Å². The largest absolute Gasteiger partial charge is 0.143 e. The monoisotopic (exact) mass is 222 g/mol. The minimum atomic E-state index is 0.645. The molecule has 1 aromatic rings. The molecule has 0 bridgehead atoms. The van der Waals surface area contributed by atoms with Gasteiger partial charge in [0, 0.05) is 4.90 Å². The number of thiol groups is 1. The van der Waals surface area contributed by atoms with Crippen LogP contribution in [-0.2, 0) is 0 Å². The van der Waals surface area contributed by atoms with Crippen molar-refractivity contribution in [2.45, 2.75) is 51.3 Å². The Morgan fingerprint density at radius 3 is 2.53 bits per heavy atom. The molecule has 0 amide bonds. The summed E-state index contributed by atoms with van der Waals surface area (Å²) in [6.07, 6.45) is 2.54. The molecule has 1 rings (SSSR count). The van der Waals surface area contributed by atoms with E-state index in [2.05, 4.69) is 58.5 Å². The quantitative estimate of drug-likeness (QED) is 0.693. The average molecular weight is 222 g/mol. The summed E-state index contributed by atoms with van der Waals surface area (Å²) < 4.78 is 0. The maximum absolute atomic E-state index is 4.41. The molecule has 0 aliphatic rings. The van der Waals surface area contributed by atoms with Gasteiger partial charge in [-0.3, -0.25) is 0 Å². The molecular formula is C14H22S. The van der Waals surface area contributed by atoms with Crippen LogP contribution >= 0.6 is 12.6 Å². The van der Waals surface area contributed by atoms with Crippen molar-refractivity contribution in [1.82, 2.24) is 0 Å². The number of hydrogen-bond acceptors (Lipinski definition) is 1. The number of benzene rings is 1. The van der Waals surface area contributed by atoms with Gasteiger partial charge in [0.1, 0.15) is 0 Å². The van der Waals surface area contributed by atoms with Crippen molar-refractivity contribution in [3.05, 3.63) is 29.3 Å². The molecule has 0 nitrogen and oxygen atoms in total. The Balaban J connectivity index is 2.80. The topological polar surface area (TPSA) is 0 Å². The highest BCUT2D eigenvalue weighted by Crippen LogP contribution is 2.28. The highest BCUT2D eigenvalue weighted by atomic mass is 32.1. The second-order valence-corrected chi connectivity index (χ2v) is 5.21. The van der Waals surface area contributed by atoms with Gasteiger partial charge in [-0.1, -0.05) is 33.3 Å². The zero-order valence-corrected chi connectivity index (χ0v) is 11.1. The number of hydrogen-bond donors (Lipinski definition) is 1. The van der Waals surface area contributed by atoms with E-state index in [1.54, 1.807) is 0 Å². The molecule has 84 valence electrons. The highest BCUT2D eigenvalue weighted by molar-refractivity contribution is 7.80. The van der Waals surface area contributed by atoms with Crippen molar-refractivity contribution < 1.29 is 0 Å². The second-order valence-electron chi connectivity index (χ2n) is 4.69. The molecule has 0 saturated heterocycles. The van der Waals surface area contributed by atoms with Crippen molar-refractivity contribution in [1.29, 1.82) is 0 Å². The summed E-state index contributed by atoms with van der Waals surface area (Å²) in [6, 6.07) is 6.45. The molecule has 0 N–H and O–H groups in total. The van der Waals surface area contributed by atoms with E-state index in [-0.39, 0.29) is 0 Å². The summed E-state index contributed by atoms with van der Waals surface area (Å²) in [4.78, 5) is 1.08. The molecular weight excluding hydrogens is 200 g/mol. The van der Waals surface area contributed by atoms with E-state index in [9.17, 15) is 0 Å². The van der Waals surface area contributed by atoms with Gasteiger partial charge in [0.15, 0.2) is 0 Å². The predicted molar refractivity (Wildman–Crippen MR) is 70.9 cm³/mol. The van der Waals surface area contributed by atoms with E-state index in [4.69, 9.17) is 0 Å². The minimum absolute atomic E-state index is 0.645. The standard InChI is InChI=1S/C14H22S/c1-5-10(2)8-12(4)14-9-13(15)7-6-11(14)3/h6-7,9-10,12,15H,5,8H2,1-4H3. The van der Waals surface area contributed by atoms with Crippen molar-refractivity contribution in [3.8, 4) is 0 Å². The maximum Gasteiger partial charge on any atom is 0.00430 e. The Bertz CT molecular complexity index is 317. The summed E-state index contributed by atoms with van der Waals surface area (Å²) in [7, 11) is 0. The minimum Gasteiger partial charge on any atom is -0.143 e. The third-order valence-corrected chi connectivity index (χ3v) is 3.52. The normalized spacial score (nSPS) is 15.0. The van der Waals surface area contributed by atoms with Crippen LogP contribution in [0.2, 0.25) is 0 Å². The molecule has 0 heterocycles. The summed E-state index contributed by atoms with van der Waals surface area (Å²) >= 11 is 4.41. The fourth-order valence-electron chi connectivity index (χ4n) is 2.06. The summed E-state index contributed by atoms with van der Waals surface area (Å²) in [5.41, 5.74) is 2.85. The van der Waals surface area contributed by atoms with E-state index in [0.29, 0.717) is 5.92 Å². The molecule has 15 heavy (non-hydrogen) atoms. The van der Waals surface area contributed by atoms with Gasteiger partial charge in [0.25, 0.3) is 0 Å². The van der Waals surface area contributed by atoms with Crippen LogP contribution in [0.1, 0.15) is 50.7 Å². The summed E-state index contributed by atoms with van der Waals surface area (Å²) in [5.74, 6) is 1.45. The summed E-state index contributed by atoms with van der Waals surface area (Å²) in [6.45, 7) is 9.10. The molecule has 0 aromatic heterocycles. The van der Waals surface area contributed by atoms with Crippen LogP contribution in [0.15, 0.2) is 23.1 Å². The van der Waals surface area contributed by atoms with Crippen molar-refractivity contribution in [2.75, 3.05) is 0 Å². The Morgan fingerprint density at radius 1 is 1.27 bits per heavy atom. The first kappa shape index (κ1) is 12.6. The van der Waals surface area contributed by atoms with Gasteiger partial charge in [-0.25, -0.2) is 0 Å². The van der Waals surface area contributed by atoms with E-state index in [0.717, 1.165) is 10.8 Å². The van der Waals surface area contributed by atoms with E-state index in [1.165, 1.54) is 24.0 Å². The van der Waals surface area contributed by atoms with E-state index in [1.807, 2.05) is 0 Å². The first-order valence-electron chi connectivity index (χ1n) is 5.84. The van der Waals surface area contributed by atoms with Crippen molar-refractivity contribution in [2.24, 2.45) is 5.92 Å². The summed E-state index contributed by atoms with van der Waals surface area (Å²) in [5, 5.41) is 0. The maximum atomic E-state index is 4.41. The molecule has 0 radical (unpaired) electrons. The SMILES string of the molecule is CCC(C)CC(C)c1cc(S)ccc1C. The fourth-order valence-corrected chi connectivity index (χ4v) is 2.27. The molecule has 0 fully saturated rings.